The number of aliphatic hydroxyl groups excluding tert-OH is 10. The minimum atomic E-state index is -1.46. The van der Waals surface area contributed by atoms with Crippen molar-refractivity contribution in [1.29, 1.82) is 0 Å². The second-order valence-electron chi connectivity index (χ2n) is 30.3. The smallest absolute Gasteiger partial charge is 0.222 e. The van der Waals surface area contributed by atoms with Crippen LogP contribution < -0.4 is 53.2 Å². The highest BCUT2D eigenvalue weighted by Gasteiger charge is 2.48. The molecule has 4 rings (SSSR count). The van der Waals surface area contributed by atoms with E-state index in [0.717, 1.165) is 44.9 Å². The van der Waals surface area contributed by atoms with Crippen molar-refractivity contribution in [1.82, 2.24) is 58.1 Å². The summed E-state index contributed by atoms with van der Waals surface area (Å²) in [5.74, 6) is -3.65. The number of unbranched alkanes of at least 4 members (excludes halogenated alkanes) is 10. The topological polar surface area (TPSA) is 597 Å². The van der Waals surface area contributed by atoms with E-state index in [9.17, 15) is 104 Å². The third-order valence-corrected chi connectivity index (χ3v) is 20.0. The molecule has 4 aliphatic heterocycles. The van der Waals surface area contributed by atoms with E-state index in [4.69, 9.17) is 42.6 Å². The molecule has 0 aromatic heterocycles. The highest BCUT2D eigenvalue weighted by molar-refractivity contribution is 5.79. The maximum absolute atomic E-state index is 14.0. The molecule has 4 saturated heterocycles. The quantitative estimate of drug-likeness (QED) is 0.0253. The van der Waals surface area contributed by atoms with Crippen LogP contribution in [0, 0.1) is 0 Å². The van der Waals surface area contributed by atoms with Crippen LogP contribution in [0.2, 0.25) is 0 Å². The molecule has 4 aliphatic rings. The number of ether oxygens (including phenoxy) is 9. The molecule has 118 heavy (non-hydrogen) atoms. The van der Waals surface area contributed by atoms with E-state index in [1.54, 1.807) is 4.90 Å². The number of nitrogens with one attached hydrogen (secondary N) is 10. The lowest BCUT2D eigenvalue weighted by molar-refractivity contribution is -0.270. The lowest BCUT2D eigenvalue weighted by atomic mass is 9.97. The van der Waals surface area contributed by atoms with Crippen molar-refractivity contribution in [3.05, 3.63) is 0 Å². The number of aliphatic hydroxyl groups is 10. The highest BCUT2D eigenvalue weighted by atomic mass is 16.7. The molecule has 0 aliphatic carbocycles. The lowest BCUT2D eigenvalue weighted by Gasteiger charge is -2.42. The molecule has 4 heterocycles. The van der Waals surface area contributed by atoms with E-state index in [1.807, 2.05) is 0 Å². The van der Waals surface area contributed by atoms with Crippen LogP contribution in [0.25, 0.3) is 0 Å². The molecule has 4 fully saturated rings. The van der Waals surface area contributed by atoms with Crippen LogP contribution in [-0.4, -0.2) is 356 Å². The average molecular weight is 1700 g/mol. The van der Waals surface area contributed by atoms with Gasteiger partial charge in [-0.2, -0.15) is 0 Å². The number of hydrogen-bond acceptors (Lipinski definition) is 30. The molecule has 0 radical (unpaired) electrons. The summed E-state index contributed by atoms with van der Waals surface area (Å²) in [5, 5.41) is 128. The first kappa shape index (κ1) is 104. The number of β-amino-alcohol motifs (C(OH)–C–C–N with tert-alkyl or cyclic N) is 1. The van der Waals surface area contributed by atoms with Crippen LogP contribution in [-0.2, 0) is 95.4 Å². The summed E-state index contributed by atoms with van der Waals surface area (Å²) in [6.45, 7) is 3.33. The number of rotatable bonds is 63. The maximum atomic E-state index is 14.0. The Hall–Kier alpha value is -6.59. The highest BCUT2D eigenvalue weighted by Crippen LogP contribution is 2.26. The molecule has 20 N–H and O–H groups in total. The summed E-state index contributed by atoms with van der Waals surface area (Å²) >= 11 is 0. The SMILES string of the molecule is CC(=O)NC1C(OCCCCC(=O)NCCCNC(=O)CCOCC(COCCC(=O)NCCCNC(=O)CCCCOC2OC(CO)C(O)C(O)C2NC(C)=O)(COCCC(=O)NCCCNC(=O)CCCCOC2OC(CO)C(O)C(O)C2NC(C)=O)NC(=O)CCCCCCCCCCC(=O)N2CCC(O)C2)OC(CO)C(O)C1O. The molecular weight excluding hydrogens is 1560 g/mol. The van der Waals surface area contributed by atoms with Gasteiger partial charge >= 0.3 is 0 Å². The molecule has 0 bridgehead atoms. The lowest BCUT2D eigenvalue weighted by Crippen LogP contribution is -2.64. The standard InChI is InChI=1S/C77H137N11O30/c1-50(92)84-65-71(107)68(104)54(44-89)116-74(65)113-37-15-12-21-57(96)78-30-18-33-81-60(99)27-40-110-47-77(87-63(102)24-10-8-6-4-5-7-9-11-25-64(103)88-36-26-53(95)43-88,48-111-41-28-61(100)82-34-19-31-79-58(97)22-13-16-38-114-75-66(85-51(2)93)72(108)69(105)55(45-90)117-75)49-112-42-29-62(101)83-35-20-32-80-59(98)23-14-17-39-115-76-67(86-52(3)94)73(109)70(106)56(46-91)118-76/h53-56,65-76,89-91,95,104-109H,4-49H2,1-3H3,(H,78,96)(H,79,97)(H,80,98)(H,81,99)(H,82,100)(H,83,101)(H,84,92)(H,85,93)(H,86,94)(H,87,102). The van der Waals surface area contributed by atoms with E-state index < -0.39 is 141 Å². The van der Waals surface area contributed by atoms with Gasteiger partial charge in [-0.05, 0) is 77.0 Å². The van der Waals surface area contributed by atoms with Crippen molar-refractivity contribution >= 4 is 65.0 Å². The predicted molar refractivity (Wildman–Crippen MR) is 418 cm³/mol. The number of likely N-dealkylation sites (tertiary alicyclic amines) is 1. The Morgan fingerprint density at radius 1 is 0.347 bits per heavy atom. The number of nitrogens with zero attached hydrogens (tertiary/aromatic N) is 1. The van der Waals surface area contributed by atoms with Crippen molar-refractivity contribution in [3.63, 3.8) is 0 Å². The third-order valence-electron chi connectivity index (χ3n) is 20.0. The van der Waals surface area contributed by atoms with E-state index >= 15 is 0 Å². The molecule has 0 aromatic rings. The van der Waals surface area contributed by atoms with Gasteiger partial charge in [0.05, 0.1) is 65.6 Å². The molecule has 0 aromatic carbocycles. The van der Waals surface area contributed by atoms with Crippen LogP contribution in [0.3, 0.4) is 0 Å². The summed E-state index contributed by atoms with van der Waals surface area (Å²) in [6.07, 6.45) is -4.68. The van der Waals surface area contributed by atoms with Gasteiger partial charge in [0.25, 0.3) is 0 Å². The molecule has 16 atom stereocenters. The summed E-state index contributed by atoms with van der Waals surface area (Å²) in [4.78, 5) is 141. The Kier molecular flexibility index (Phi) is 52.8. The second kappa shape index (κ2) is 60.0. The minimum Gasteiger partial charge on any atom is -0.394 e. The molecule has 41 nitrogen and oxygen atoms in total. The summed E-state index contributed by atoms with van der Waals surface area (Å²) < 4.78 is 52.2. The average Bonchev–Trinajstić information content (AvgIpc) is 0.845. The second-order valence-corrected chi connectivity index (χ2v) is 30.3. The zero-order chi connectivity index (χ0) is 86.6. The summed E-state index contributed by atoms with van der Waals surface area (Å²) in [6, 6.07) is -3.29. The largest absolute Gasteiger partial charge is 0.394 e. The summed E-state index contributed by atoms with van der Waals surface area (Å²) in [7, 11) is 0. The van der Waals surface area contributed by atoms with Crippen molar-refractivity contribution in [2.75, 3.05) is 132 Å². The Bertz CT molecular complexity index is 2690. The van der Waals surface area contributed by atoms with Crippen LogP contribution in [0.5, 0.6) is 0 Å². The van der Waals surface area contributed by atoms with Crippen LogP contribution in [0.1, 0.15) is 188 Å². The fraction of sp³-hybridized carbons (Fsp3) is 0.857. The van der Waals surface area contributed by atoms with Gasteiger partial charge in [-0.15, -0.1) is 0 Å². The maximum Gasteiger partial charge on any atom is 0.222 e. The van der Waals surface area contributed by atoms with E-state index in [0.29, 0.717) is 90.1 Å². The molecule has 0 spiro atoms. The molecule has 11 amide bonds. The van der Waals surface area contributed by atoms with Gasteiger partial charge in [-0.1, -0.05) is 38.5 Å². The van der Waals surface area contributed by atoms with Gasteiger partial charge in [0.15, 0.2) is 18.9 Å². The Labute approximate surface area is 689 Å². The molecule has 16 unspecified atom stereocenters. The van der Waals surface area contributed by atoms with Crippen molar-refractivity contribution < 1.29 is 146 Å². The first-order valence-corrected chi connectivity index (χ1v) is 41.7. The molecule has 680 valence electrons. The zero-order valence-corrected chi connectivity index (χ0v) is 68.8. The first-order valence-electron chi connectivity index (χ1n) is 41.7. The van der Waals surface area contributed by atoms with Crippen molar-refractivity contribution in [2.24, 2.45) is 0 Å². The normalized spacial score (nSPS) is 24.8. The zero-order valence-electron chi connectivity index (χ0n) is 68.8. The van der Waals surface area contributed by atoms with E-state index in [1.165, 1.54) is 20.8 Å². The molecular formula is C77H137N11O30. The first-order chi connectivity index (χ1) is 56.6. The van der Waals surface area contributed by atoms with Gasteiger partial charge in [0.2, 0.25) is 65.0 Å². The third kappa shape index (κ3) is 42.3. The summed E-state index contributed by atoms with van der Waals surface area (Å²) in [5.41, 5.74) is -1.42. The fourth-order valence-corrected chi connectivity index (χ4v) is 13.4. The Morgan fingerprint density at radius 2 is 0.627 bits per heavy atom. The van der Waals surface area contributed by atoms with Crippen molar-refractivity contribution in [2.45, 2.75) is 291 Å². The van der Waals surface area contributed by atoms with Crippen LogP contribution >= 0.6 is 0 Å². The van der Waals surface area contributed by atoms with Gasteiger partial charge < -0.3 is 152 Å². The number of amides is 11. The molecule has 41 heteroatoms. The molecule has 0 saturated carbocycles. The Morgan fingerprint density at radius 3 is 0.915 bits per heavy atom. The predicted octanol–water partition coefficient (Wildman–Crippen LogP) is -5.19. The van der Waals surface area contributed by atoms with Gasteiger partial charge in [0.1, 0.15) is 78.6 Å². The monoisotopic (exact) mass is 1700 g/mol. The minimum absolute atomic E-state index is 0.0641. The van der Waals surface area contributed by atoms with Gasteiger partial charge in [-0.25, -0.2) is 0 Å². The Balaban J connectivity index is 1.29. The van der Waals surface area contributed by atoms with E-state index in [2.05, 4.69) is 53.2 Å². The van der Waals surface area contributed by atoms with Gasteiger partial charge in [-0.3, -0.25) is 52.7 Å². The van der Waals surface area contributed by atoms with E-state index in [-0.39, 0.29) is 191 Å². The number of carbonyl (C=O) groups is 11. The fourth-order valence-electron chi connectivity index (χ4n) is 13.4. The van der Waals surface area contributed by atoms with Crippen LogP contribution in [0.15, 0.2) is 0 Å². The number of carbonyl (C=O) groups excluding carboxylic acids is 11. The number of hydrogen-bond donors (Lipinski definition) is 20. The van der Waals surface area contributed by atoms with Gasteiger partial charge in [0, 0.05) is 144 Å². The van der Waals surface area contributed by atoms with Crippen LogP contribution in [0.4, 0.5) is 0 Å². The van der Waals surface area contributed by atoms with Crippen molar-refractivity contribution in [3.8, 4) is 0 Å².